The predicted octanol–water partition coefficient (Wildman–Crippen LogP) is 8.59. The Morgan fingerprint density at radius 1 is 0.852 bits per heavy atom. The Hall–Kier alpha value is -0.340. The molecule has 1 unspecified atom stereocenters. The van der Waals surface area contributed by atoms with Gasteiger partial charge in [-0.05, 0) is 47.8 Å². The van der Waals surface area contributed by atoms with Gasteiger partial charge in [-0.3, -0.25) is 0 Å². The van der Waals surface area contributed by atoms with Crippen molar-refractivity contribution in [3.05, 3.63) is 34.3 Å². The first kappa shape index (κ1) is 24.7. The molecule has 0 aliphatic heterocycles. The minimum atomic E-state index is 0.175. The molecule has 0 amide bonds. The maximum Gasteiger partial charge on any atom is 0.0631 e. The summed E-state index contributed by atoms with van der Waals surface area (Å²) in [5.74, 6) is 0. The van der Waals surface area contributed by atoms with Gasteiger partial charge in [-0.2, -0.15) is 0 Å². The molecule has 0 spiro atoms. The summed E-state index contributed by atoms with van der Waals surface area (Å²) in [5, 5.41) is 0. The van der Waals surface area contributed by atoms with E-state index in [0.29, 0.717) is 6.10 Å². The fraction of sp³-hybridized carbons (Fsp3) is 0.760. The third-order valence-corrected chi connectivity index (χ3v) is 6.93. The first-order valence-corrected chi connectivity index (χ1v) is 11.8. The molecule has 0 bridgehead atoms. The second kappa shape index (κ2) is 12.3. The normalized spacial score (nSPS) is 13.7. The van der Waals surface area contributed by atoms with E-state index >= 15 is 0 Å². The van der Waals surface area contributed by atoms with E-state index < -0.39 is 0 Å². The quantitative estimate of drug-likeness (QED) is 0.280. The van der Waals surface area contributed by atoms with E-state index in [1.807, 2.05) is 0 Å². The van der Waals surface area contributed by atoms with Crippen molar-refractivity contribution in [1.82, 2.24) is 0 Å². The number of ether oxygens (including phenoxy) is 1. The van der Waals surface area contributed by atoms with Gasteiger partial charge in [0.25, 0.3) is 0 Å². The predicted molar refractivity (Wildman–Crippen MR) is 123 cm³/mol. The van der Waals surface area contributed by atoms with Crippen LogP contribution in [0.1, 0.15) is 98.5 Å². The maximum atomic E-state index is 6.50. The first-order valence-electron chi connectivity index (χ1n) is 11.0. The highest BCUT2D eigenvalue weighted by molar-refractivity contribution is 9.10. The molecule has 0 fully saturated rings. The van der Waals surface area contributed by atoms with Crippen LogP contribution in [0.3, 0.4) is 0 Å². The van der Waals surface area contributed by atoms with Crippen molar-refractivity contribution in [1.29, 1.82) is 0 Å². The molecular formula is C25H43BrO. The van der Waals surface area contributed by atoms with Crippen LogP contribution in [-0.4, -0.2) is 12.7 Å². The summed E-state index contributed by atoms with van der Waals surface area (Å²) >= 11 is 3.51. The standard InChI is InChI=1S/C25H43BrO/c1-7-8-9-10-11-12-15-23(25(5,6)24(2,3)4)27-20-13-14-21-16-18-22(26)19-17-21/h16-19,23H,7-15,20H2,1-6H3. The van der Waals surface area contributed by atoms with Crippen LogP contribution in [0.2, 0.25) is 0 Å². The SMILES string of the molecule is CCCCCCCCC(OCCCc1ccc(Br)cc1)C(C)(C)C(C)(C)C. The lowest BCUT2D eigenvalue weighted by molar-refractivity contribution is -0.0808. The van der Waals surface area contributed by atoms with Crippen LogP contribution in [0.5, 0.6) is 0 Å². The van der Waals surface area contributed by atoms with E-state index in [9.17, 15) is 0 Å². The number of aryl methyl sites for hydroxylation is 1. The fourth-order valence-corrected chi connectivity index (χ4v) is 3.66. The zero-order valence-corrected chi connectivity index (χ0v) is 20.3. The van der Waals surface area contributed by atoms with Gasteiger partial charge in [-0.25, -0.2) is 0 Å². The summed E-state index contributed by atoms with van der Waals surface area (Å²) in [5.41, 5.74) is 1.81. The monoisotopic (exact) mass is 438 g/mol. The molecule has 0 aliphatic carbocycles. The van der Waals surface area contributed by atoms with Crippen molar-refractivity contribution in [2.45, 2.75) is 105 Å². The van der Waals surface area contributed by atoms with E-state index in [-0.39, 0.29) is 10.8 Å². The van der Waals surface area contributed by atoms with E-state index in [1.54, 1.807) is 0 Å². The average Bonchev–Trinajstić information content (AvgIpc) is 2.60. The zero-order valence-electron chi connectivity index (χ0n) is 18.7. The van der Waals surface area contributed by atoms with E-state index in [4.69, 9.17) is 4.74 Å². The highest BCUT2D eigenvalue weighted by atomic mass is 79.9. The average molecular weight is 440 g/mol. The van der Waals surface area contributed by atoms with Crippen LogP contribution in [0, 0.1) is 10.8 Å². The second-order valence-corrected chi connectivity index (χ2v) is 10.5. The molecule has 0 N–H and O–H groups in total. The molecule has 0 radical (unpaired) electrons. The second-order valence-electron chi connectivity index (χ2n) is 9.62. The molecule has 2 heteroatoms. The summed E-state index contributed by atoms with van der Waals surface area (Å²) < 4.78 is 7.64. The molecular weight excluding hydrogens is 396 g/mol. The number of benzene rings is 1. The lowest BCUT2D eigenvalue weighted by Crippen LogP contribution is -2.42. The molecule has 1 nitrogen and oxygen atoms in total. The molecule has 0 heterocycles. The number of rotatable bonds is 13. The van der Waals surface area contributed by atoms with Gasteiger partial charge < -0.3 is 4.74 Å². The first-order chi connectivity index (χ1) is 12.7. The minimum Gasteiger partial charge on any atom is -0.378 e. The molecule has 1 aromatic rings. The summed E-state index contributed by atoms with van der Waals surface area (Å²) in [6, 6.07) is 8.66. The van der Waals surface area contributed by atoms with E-state index in [2.05, 4.69) is 81.7 Å². The van der Waals surface area contributed by atoms with Crippen LogP contribution in [-0.2, 0) is 11.2 Å². The van der Waals surface area contributed by atoms with E-state index in [0.717, 1.165) is 23.9 Å². The van der Waals surface area contributed by atoms with Gasteiger partial charge in [0, 0.05) is 11.1 Å². The number of hydrogen-bond donors (Lipinski definition) is 0. The van der Waals surface area contributed by atoms with Crippen LogP contribution in [0.15, 0.2) is 28.7 Å². The Bertz CT molecular complexity index is 498. The molecule has 1 atom stereocenters. The van der Waals surface area contributed by atoms with E-state index in [1.165, 1.54) is 50.5 Å². The van der Waals surface area contributed by atoms with Gasteiger partial charge in [-0.15, -0.1) is 0 Å². The van der Waals surface area contributed by atoms with Crippen LogP contribution in [0.25, 0.3) is 0 Å². The van der Waals surface area contributed by atoms with Gasteiger partial charge in [-0.1, -0.05) is 108 Å². The van der Waals surface area contributed by atoms with Gasteiger partial charge in [0.1, 0.15) is 0 Å². The summed E-state index contributed by atoms with van der Waals surface area (Å²) in [6.07, 6.45) is 11.8. The van der Waals surface area contributed by atoms with Gasteiger partial charge in [0.15, 0.2) is 0 Å². The molecule has 1 aromatic carbocycles. The van der Waals surface area contributed by atoms with Crippen molar-refractivity contribution >= 4 is 15.9 Å². The van der Waals surface area contributed by atoms with Gasteiger partial charge in [0.05, 0.1) is 6.10 Å². The summed E-state index contributed by atoms with van der Waals surface area (Å²) in [6.45, 7) is 15.0. The third kappa shape index (κ3) is 9.13. The highest BCUT2D eigenvalue weighted by Gasteiger charge is 2.40. The van der Waals surface area contributed by atoms with Gasteiger partial charge in [0.2, 0.25) is 0 Å². The third-order valence-electron chi connectivity index (χ3n) is 6.40. The maximum absolute atomic E-state index is 6.50. The number of hydrogen-bond acceptors (Lipinski definition) is 1. The molecule has 0 aliphatic rings. The van der Waals surface area contributed by atoms with Crippen molar-refractivity contribution in [2.24, 2.45) is 10.8 Å². The molecule has 156 valence electrons. The molecule has 0 saturated carbocycles. The smallest absolute Gasteiger partial charge is 0.0631 e. The van der Waals surface area contributed by atoms with Crippen molar-refractivity contribution in [2.75, 3.05) is 6.61 Å². The van der Waals surface area contributed by atoms with Crippen LogP contribution >= 0.6 is 15.9 Å². The Labute approximate surface area is 177 Å². The lowest BCUT2D eigenvalue weighted by Gasteiger charge is -2.45. The Balaban J connectivity index is 2.48. The zero-order chi connectivity index (χ0) is 20.3. The largest absolute Gasteiger partial charge is 0.378 e. The molecule has 1 rings (SSSR count). The lowest BCUT2D eigenvalue weighted by atomic mass is 9.65. The Kier molecular flexibility index (Phi) is 11.2. The van der Waals surface area contributed by atoms with Crippen LogP contribution in [0.4, 0.5) is 0 Å². The van der Waals surface area contributed by atoms with Crippen molar-refractivity contribution in [3.63, 3.8) is 0 Å². The number of unbranched alkanes of at least 4 members (excludes halogenated alkanes) is 5. The fourth-order valence-electron chi connectivity index (χ4n) is 3.40. The molecule has 27 heavy (non-hydrogen) atoms. The summed E-state index contributed by atoms with van der Waals surface area (Å²) in [7, 11) is 0. The number of halogens is 1. The molecule has 0 saturated heterocycles. The van der Waals surface area contributed by atoms with Gasteiger partial charge >= 0.3 is 0 Å². The van der Waals surface area contributed by atoms with Crippen molar-refractivity contribution in [3.8, 4) is 0 Å². The summed E-state index contributed by atoms with van der Waals surface area (Å²) in [4.78, 5) is 0. The Morgan fingerprint density at radius 2 is 1.44 bits per heavy atom. The van der Waals surface area contributed by atoms with Crippen molar-refractivity contribution < 1.29 is 4.74 Å². The minimum absolute atomic E-state index is 0.175. The topological polar surface area (TPSA) is 9.23 Å². The molecule has 0 aromatic heterocycles. The van der Waals surface area contributed by atoms with Crippen LogP contribution < -0.4 is 0 Å². The Morgan fingerprint density at radius 3 is 2.04 bits per heavy atom. The highest BCUT2D eigenvalue weighted by Crippen LogP contribution is 2.43.